The fraction of sp³-hybridized carbons (Fsp3) is 0.179. The fourth-order valence-corrected chi connectivity index (χ4v) is 5.07. The Labute approximate surface area is 234 Å². The molecule has 10 heteroatoms. The quantitative estimate of drug-likeness (QED) is 0.288. The maximum atomic E-state index is 13.0. The lowest BCUT2D eigenvalue weighted by molar-refractivity contribution is -0.121. The van der Waals surface area contributed by atoms with Crippen molar-refractivity contribution in [3.63, 3.8) is 0 Å². The number of carbonyl (C=O) groups is 2. The standard InChI is InChI=1S/C28H24Cl2N2O5S/c1-4-36-23-13-18(12-21(30)25(23)37-15-17-8-10-19(29)11-9-17)14-24-26(33)32(3)28(38-24)31-22-7-5-6-20(16(22)2)27(34)35/h5-14H,4,15H2,1-3H3,(H,34,35)/b24-14-,31-28?. The van der Waals surface area contributed by atoms with Gasteiger partial charge in [-0.2, -0.15) is 0 Å². The molecule has 4 rings (SSSR count). The zero-order chi connectivity index (χ0) is 27.4. The first kappa shape index (κ1) is 27.6. The summed E-state index contributed by atoms with van der Waals surface area (Å²) in [4.78, 5) is 30.9. The van der Waals surface area contributed by atoms with E-state index in [1.54, 1.807) is 56.4 Å². The predicted octanol–water partition coefficient (Wildman–Crippen LogP) is 7.21. The zero-order valence-electron chi connectivity index (χ0n) is 20.8. The SMILES string of the molecule is CCOc1cc(/C=C2\SC(=Nc3cccc(C(=O)O)c3C)N(C)C2=O)cc(Cl)c1OCc1ccc(Cl)cc1. The highest BCUT2D eigenvalue weighted by molar-refractivity contribution is 8.18. The number of amides is 1. The highest BCUT2D eigenvalue weighted by atomic mass is 35.5. The molecule has 0 aliphatic carbocycles. The summed E-state index contributed by atoms with van der Waals surface area (Å²) >= 11 is 13.7. The highest BCUT2D eigenvalue weighted by Gasteiger charge is 2.31. The molecule has 3 aromatic rings. The van der Waals surface area contributed by atoms with Gasteiger partial charge in [0.2, 0.25) is 0 Å². The summed E-state index contributed by atoms with van der Waals surface area (Å²) in [6.45, 7) is 4.22. The lowest BCUT2D eigenvalue weighted by Crippen LogP contribution is -2.23. The number of hydrogen-bond acceptors (Lipinski definition) is 6. The van der Waals surface area contributed by atoms with Crippen molar-refractivity contribution in [3.05, 3.63) is 91.8 Å². The molecule has 1 N–H and O–H groups in total. The van der Waals surface area contributed by atoms with Crippen molar-refractivity contribution in [2.45, 2.75) is 20.5 Å². The van der Waals surface area contributed by atoms with Gasteiger partial charge in [-0.05, 0) is 84.8 Å². The summed E-state index contributed by atoms with van der Waals surface area (Å²) in [6, 6.07) is 15.6. The maximum Gasteiger partial charge on any atom is 0.336 e. The molecule has 3 aromatic carbocycles. The van der Waals surface area contributed by atoms with E-state index in [2.05, 4.69) is 4.99 Å². The van der Waals surface area contributed by atoms with Crippen LogP contribution in [0.3, 0.4) is 0 Å². The number of hydrogen-bond donors (Lipinski definition) is 1. The first-order chi connectivity index (χ1) is 18.2. The summed E-state index contributed by atoms with van der Waals surface area (Å²) < 4.78 is 11.8. The number of likely N-dealkylation sites (N-methyl/N-ethyl adjacent to an activating group) is 1. The summed E-state index contributed by atoms with van der Waals surface area (Å²) in [7, 11) is 1.62. The van der Waals surface area contributed by atoms with Crippen LogP contribution in [0.5, 0.6) is 11.5 Å². The van der Waals surface area contributed by atoms with Gasteiger partial charge < -0.3 is 14.6 Å². The monoisotopic (exact) mass is 570 g/mol. The number of amidine groups is 1. The van der Waals surface area contributed by atoms with E-state index in [0.717, 1.165) is 5.56 Å². The lowest BCUT2D eigenvalue weighted by atomic mass is 10.1. The molecular formula is C28H24Cl2N2O5S. The van der Waals surface area contributed by atoms with Gasteiger partial charge in [-0.25, -0.2) is 9.79 Å². The van der Waals surface area contributed by atoms with Crippen LogP contribution in [-0.2, 0) is 11.4 Å². The fourth-order valence-electron chi connectivity index (χ4n) is 3.69. The Kier molecular flexibility index (Phi) is 8.66. The Hall–Kier alpha value is -3.46. The largest absolute Gasteiger partial charge is 0.490 e. The predicted molar refractivity (Wildman–Crippen MR) is 152 cm³/mol. The van der Waals surface area contributed by atoms with Crippen LogP contribution in [-0.4, -0.2) is 40.7 Å². The molecule has 0 unspecified atom stereocenters. The second-order valence-corrected chi connectivity index (χ2v) is 10.2. The van der Waals surface area contributed by atoms with Crippen molar-refractivity contribution in [2.24, 2.45) is 4.99 Å². The third-order valence-electron chi connectivity index (χ3n) is 5.68. The summed E-state index contributed by atoms with van der Waals surface area (Å²) in [5.41, 5.74) is 2.75. The summed E-state index contributed by atoms with van der Waals surface area (Å²) in [6.07, 6.45) is 1.71. The molecule has 1 saturated heterocycles. The number of rotatable bonds is 8. The van der Waals surface area contributed by atoms with E-state index < -0.39 is 5.97 Å². The molecule has 1 fully saturated rings. The number of carboxylic acids is 1. The van der Waals surface area contributed by atoms with E-state index in [1.165, 1.54) is 22.7 Å². The summed E-state index contributed by atoms with van der Waals surface area (Å²) in [5, 5.41) is 10.8. The van der Waals surface area contributed by atoms with Gasteiger partial charge in [-0.1, -0.05) is 41.4 Å². The van der Waals surface area contributed by atoms with Crippen LogP contribution >= 0.6 is 35.0 Å². The zero-order valence-corrected chi connectivity index (χ0v) is 23.2. The first-order valence-corrected chi connectivity index (χ1v) is 13.2. The second-order valence-electron chi connectivity index (χ2n) is 8.30. The number of ether oxygens (including phenoxy) is 2. The number of halogens is 2. The first-order valence-electron chi connectivity index (χ1n) is 11.6. The van der Waals surface area contributed by atoms with Crippen molar-refractivity contribution in [1.82, 2.24) is 4.90 Å². The van der Waals surface area contributed by atoms with E-state index in [0.29, 0.717) is 55.0 Å². The number of nitrogens with zero attached hydrogens (tertiary/aromatic N) is 2. The van der Waals surface area contributed by atoms with Crippen LogP contribution in [0, 0.1) is 6.92 Å². The second kappa shape index (κ2) is 11.9. The Balaban J connectivity index is 1.61. The number of aromatic carboxylic acids is 1. The number of carboxylic acid groups (broad SMARTS) is 1. The van der Waals surface area contributed by atoms with Crippen molar-refractivity contribution in [2.75, 3.05) is 13.7 Å². The van der Waals surface area contributed by atoms with Crippen molar-refractivity contribution >= 4 is 63.8 Å². The van der Waals surface area contributed by atoms with Crippen LogP contribution in [0.2, 0.25) is 10.0 Å². The van der Waals surface area contributed by atoms with Crippen LogP contribution in [0.25, 0.3) is 6.08 Å². The van der Waals surface area contributed by atoms with E-state index in [9.17, 15) is 14.7 Å². The lowest BCUT2D eigenvalue weighted by Gasteiger charge is -2.15. The average molecular weight is 571 g/mol. The smallest absolute Gasteiger partial charge is 0.336 e. The minimum absolute atomic E-state index is 0.163. The minimum Gasteiger partial charge on any atom is -0.490 e. The molecule has 0 atom stereocenters. The third-order valence-corrected chi connectivity index (χ3v) is 7.27. The molecule has 1 aliphatic heterocycles. The Morgan fingerprint density at radius 2 is 1.87 bits per heavy atom. The molecule has 0 aromatic heterocycles. The highest BCUT2D eigenvalue weighted by Crippen LogP contribution is 2.40. The van der Waals surface area contributed by atoms with Crippen molar-refractivity contribution in [1.29, 1.82) is 0 Å². The van der Waals surface area contributed by atoms with E-state index >= 15 is 0 Å². The van der Waals surface area contributed by atoms with Crippen LogP contribution in [0.15, 0.2) is 64.5 Å². The Morgan fingerprint density at radius 3 is 2.55 bits per heavy atom. The van der Waals surface area contributed by atoms with Crippen LogP contribution in [0.1, 0.15) is 34.0 Å². The van der Waals surface area contributed by atoms with E-state index in [1.807, 2.05) is 19.1 Å². The molecule has 1 heterocycles. The summed E-state index contributed by atoms with van der Waals surface area (Å²) in [5.74, 6) is -0.405. The third kappa shape index (κ3) is 6.15. The molecule has 38 heavy (non-hydrogen) atoms. The Morgan fingerprint density at radius 1 is 1.13 bits per heavy atom. The van der Waals surface area contributed by atoms with Gasteiger partial charge in [0, 0.05) is 12.1 Å². The van der Waals surface area contributed by atoms with Crippen molar-refractivity contribution < 1.29 is 24.2 Å². The van der Waals surface area contributed by atoms with Gasteiger partial charge >= 0.3 is 5.97 Å². The minimum atomic E-state index is -1.03. The number of carbonyl (C=O) groups excluding carboxylic acids is 1. The molecule has 0 radical (unpaired) electrons. The van der Waals surface area contributed by atoms with Gasteiger partial charge in [-0.3, -0.25) is 9.69 Å². The van der Waals surface area contributed by atoms with E-state index in [-0.39, 0.29) is 18.1 Å². The van der Waals surface area contributed by atoms with Crippen LogP contribution in [0.4, 0.5) is 5.69 Å². The molecule has 7 nitrogen and oxygen atoms in total. The van der Waals surface area contributed by atoms with Gasteiger partial charge in [0.05, 0.1) is 27.8 Å². The van der Waals surface area contributed by atoms with Crippen LogP contribution < -0.4 is 9.47 Å². The number of aliphatic imine (C=N–C) groups is 1. The van der Waals surface area contributed by atoms with Gasteiger partial charge in [-0.15, -0.1) is 0 Å². The van der Waals surface area contributed by atoms with Crippen molar-refractivity contribution in [3.8, 4) is 11.5 Å². The molecule has 0 saturated carbocycles. The number of thioether (sulfide) groups is 1. The molecular weight excluding hydrogens is 547 g/mol. The molecule has 1 aliphatic rings. The van der Waals surface area contributed by atoms with Gasteiger partial charge in [0.1, 0.15) is 6.61 Å². The molecule has 0 bridgehead atoms. The molecule has 196 valence electrons. The van der Waals surface area contributed by atoms with Gasteiger partial charge in [0.15, 0.2) is 16.7 Å². The topological polar surface area (TPSA) is 88.4 Å². The average Bonchev–Trinajstić information content (AvgIpc) is 3.13. The number of benzene rings is 3. The Bertz CT molecular complexity index is 1450. The molecule has 1 amide bonds. The maximum absolute atomic E-state index is 13.0. The van der Waals surface area contributed by atoms with Gasteiger partial charge in [0.25, 0.3) is 5.91 Å². The molecule has 0 spiro atoms. The normalized spacial score (nSPS) is 15.4. The van der Waals surface area contributed by atoms with E-state index in [4.69, 9.17) is 32.7 Å².